The number of thioether (sulfide) groups is 1. The highest BCUT2D eigenvalue weighted by molar-refractivity contribution is 7.99. The van der Waals surface area contributed by atoms with E-state index in [0.717, 1.165) is 6.07 Å². The molecule has 21 heavy (non-hydrogen) atoms. The maximum absolute atomic E-state index is 13.6. The molecule has 0 spiro atoms. The van der Waals surface area contributed by atoms with Crippen molar-refractivity contribution in [1.82, 2.24) is 5.32 Å². The molecule has 2 rings (SSSR count). The Morgan fingerprint density at radius 3 is 2.43 bits per heavy atom. The quantitative estimate of drug-likeness (QED) is 0.808. The first-order chi connectivity index (χ1) is 10.0. The van der Waals surface area contributed by atoms with E-state index in [1.807, 2.05) is 7.05 Å². The molecule has 0 aliphatic carbocycles. The molecule has 4 heteroatoms. The first-order valence-electron chi connectivity index (χ1n) is 6.83. The van der Waals surface area contributed by atoms with Crippen LogP contribution in [0.3, 0.4) is 0 Å². The van der Waals surface area contributed by atoms with Crippen molar-refractivity contribution in [2.24, 2.45) is 0 Å². The van der Waals surface area contributed by atoms with Gasteiger partial charge in [0.2, 0.25) is 0 Å². The average molecular weight is 307 g/mol. The Morgan fingerprint density at radius 1 is 1.05 bits per heavy atom. The summed E-state index contributed by atoms with van der Waals surface area (Å²) in [6.07, 6.45) is 0. The van der Waals surface area contributed by atoms with Crippen LogP contribution in [0.5, 0.6) is 0 Å². The van der Waals surface area contributed by atoms with E-state index in [4.69, 9.17) is 0 Å². The van der Waals surface area contributed by atoms with E-state index in [2.05, 4.69) is 37.4 Å². The molecule has 0 aliphatic rings. The highest BCUT2D eigenvalue weighted by Gasteiger charge is 2.12. The number of benzene rings is 2. The van der Waals surface area contributed by atoms with Gasteiger partial charge in [0.05, 0.1) is 0 Å². The molecule has 0 radical (unpaired) electrons. The van der Waals surface area contributed by atoms with Crippen molar-refractivity contribution in [3.05, 3.63) is 64.7 Å². The van der Waals surface area contributed by atoms with Crippen molar-refractivity contribution in [2.45, 2.75) is 24.8 Å². The van der Waals surface area contributed by atoms with Gasteiger partial charge in [-0.2, -0.15) is 0 Å². The zero-order valence-corrected chi connectivity index (χ0v) is 13.2. The Labute approximate surface area is 128 Å². The Bertz CT molecular complexity index is 628. The normalized spacial score (nSPS) is 12.4. The highest BCUT2D eigenvalue weighted by atomic mass is 32.2. The number of hydrogen-bond donors (Lipinski definition) is 1. The minimum Gasteiger partial charge on any atom is -0.312 e. The van der Waals surface area contributed by atoms with E-state index in [0.29, 0.717) is 10.6 Å². The summed E-state index contributed by atoms with van der Waals surface area (Å²) in [4.78, 5) is 0.473. The molecule has 0 bridgehead atoms. The molecule has 1 atom stereocenters. The first-order valence-corrected chi connectivity index (χ1v) is 7.82. The van der Waals surface area contributed by atoms with Crippen molar-refractivity contribution < 1.29 is 8.78 Å². The van der Waals surface area contributed by atoms with Gasteiger partial charge in [-0.15, -0.1) is 11.8 Å². The van der Waals surface area contributed by atoms with Gasteiger partial charge in [0.1, 0.15) is 11.6 Å². The second kappa shape index (κ2) is 7.05. The Hall–Kier alpha value is -1.39. The van der Waals surface area contributed by atoms with E-state index in [9.17, 15) is 8.78 Å². The largest absolute Gasteiger partial charge is 0.312 e. The van der Waals surface area contributed by atoms with E-state index < -0.39 is 11.6 Å². The van der Waals surface area contributed by atoms with Gasteiger partial charge < -0.3 is 5.32 Å². The molecular weight excluding hydrogens is 288 g/mol. The van der Waals surface area contributed by atoms with Crippen LogP contribution in [0.1, 0.15) is 22.7 Å². The van der Waals surface area contributed by atoms with Crippen LogP contribution < -0.4 is 5.32 Å². The Balaban J connectivity index is 2.10. The molecule has 0 fully saturated rings. The number of rotatable bonds is 5. The van der Waals surface area contributed by atoms with Crippen molar-refractivity contribution >= 4 is 11.8 Å². The SMILES string of the molecule is CNC(CSc1ccc(F)cc1F)c1ccc(C)c(C)c1. The third kappa shape index (κ3) is 4.05. The van der Waals surface area contributed by atoms with Crippen LogP contribution in [0.15, 0.2) is 41.3 Å². The van der Waals surface area contributed by atoms with Crippen LogP contribution in [-0.2, 0) is 0 Å². The number of nitrogens with one attached hydrogen (secondary N) is 1. The second-order valence-electron chi connectivity index (χ2n) is 5.07. The lowest BCUT2D eigenvalue weighted by Gasteiger charge is -2.17. The second-order valence-corrected chi connectivity index (χ2v) is 6.13. The molecule has 0 amide bonds. The molecule has 0 saturated carbocycles. The molecule has 1 unspecified atom stereocenters. The molecule has 0 saturated heterocycles. The fraction of sp³-hybridized carbons (Fsp3) is 0.294. The van der Waals surface area contributed by atoms with E-state index in [-0.39, 0.29) is 6.04 Å². The molecule has 1 nitrogen and oxygen atoms in total. The van der Waals surface area contributed by atoms with Crippen molar-refractivity contribution in [3.8, 4) is 0 Å². The van der Waals surface area contributed by atoms with Crippen LogP contribution in [-0.4, -0.2) is 12.8 Å². The van der Waals surface area contributed by atoms with Crippen LogP contribution in [0.25, 0.3) is 0 Å². The molecule has 2 aromatic rings. The van der Waals surface area contributed by atoms with Crippen LogP contribution in [0.2, 0.25) is 0 Å². The third-order valence-electron chi connectivity index (χ3n) is 3.58. The van der Waals surface area contributed by atoms with Crippen molar-refractivity contribution in [1.29, 1.82) is 0 Å². The van der Waals surface area contributed by atoms with E-state index >= 15 is 0 Å². The summed E-state index contributed by atoms with van der Waals surface area (Å²) in [6.45, 7) is 4.16. The summed E-state index contributed by atoms with van der Waals surface area (Å²) in [7, 11) is 1.89. The molecule has 1 N–H and O–H groups in total. The number of halogens is 2. The monoisotopic (exact) mass is 307 g/mol. The Kier molecular flexibility index (Phi) is 5.37. The molecule has 0 heterocycles. The van der Waals surface area contributed by atoms with Gasteiger partial charge >= 0.3 is 0 Å². The van der Waals surface area contributed by atoms with Gasteiger partial charge in [0, 0.05) is 22.8 Å². The van der Waals surface area contributed by atoms with Crippen LogP contribution in [0.4, 0.5) is 8.78 Å². The van der Waals surface area contributed by atoms with E-state index in [1.54, 1.807) is 0 Å². The fourth-order valence-corrected chi connectivity index (χ4v) is 3.16. The van der Waals surface area contributed by atoms with E-state index in [1.165, 1.54) is 40.6 Å². The summed E-state index contributed by atoms with van der Waals surface area (Å²) in [5, 5.41) is 3.25. The summed E-state index contributed by atoms with van der Waals surface area (Å²) in [5.41, 5.74) is 3.67. The summed E-state index contributed by atoms with van der Waals surface area (Å²) in [6, 6.07) is 10.2. The molecule has 2 aromatic carbocycles. The summed E-state index contributed by atoms with van der Waals surface area (Å²) < 4.78 is 26.5. The lowest BCUT2D eigenvalue weighted by molar-refractivity contribution is 0.565. The topological polar surface area (TPSA) is 12.0 Å². The average Bonchev–Trinajstić information content (AvgIpc) is 2.45. The van der Waals surface area contributed by atoms with Gasteiger partial charge in [-0.05, 0) is 49.7 Å². The van der Waals surface area contributed by atoms with Crippen LogP contribution in [0, 0.1) is 25.5 Å². The smallest absolute Gasteiger partial charge is 0.139 e. The highest BCUT2D eigenvalue weighted by Crippen LogP contribution is 2.28. The minimum atomic E-state index is -0.545. The number of aryl methyl sites for hydroxylation is 2. The lowest BCUT2D eigenvalue weighted by Crippen LogP contribution is -2.19. The molecule has 0 aromatic heterocycles. The summed E-state index contributed by atoms with van der Waals surface area (Å²) in [5.74, 6) is -0.368. The first kappa shape index (κ1) is 16.0. The van der Waals surface area contributed by atoms with Crippen molar-refractivity contribution in [2.75, 3.05) is 12.8 Å². The van der Waals surface area contributed by atoms with Gasteiger partial charge in [-0.1, -0.05) is 18.2 Å². The van der Waals surface area contributed by atoms with Gasteiger partial charge in [-0.25, -0.2) is 8.78 Å². The summed E-state index contributed by atoms with van der Waals surface area (Å²) >= 11 is 1.39. The van der Waals surface area contributed by atoms with Gasteiger partial charge in [0.15, 0.2) is 0 Å². The molecule has 112 valence electrons. The standard InChI is InChI=1S/C17H19F2NS/c1-11-4-5-13(8-12(11)2)16(20-3)10-21-17-7-6-14(18)9-15(17)19/h4-9,16,20H,10H2,1-3H3. The maximum Gasteiger partial charge on any atom is 0.139 e. The molecule has 0 aliphatic heterocycles. The molecular formula is C17H19F2NS. The Morgan fingerprint density at radius 2 is 1.81 bits per heavy atom. The van der Waals surface area contributed by atoms with Gasteiger partial charge in [0.25, 0.3) is 0 Å². The lowest BCUT2D eigenvalue weighted by atomic mass is 10.0. The fourth-order valence-electron chi connectivity index (χ4n) is 2.09. The zero-order valence-electron chi connectivity index (χ0n) is 12.4. The predicted molar refractivity (Wildman–Crippen MR) is 84.8 cm³/mol. The predicted octanol–water partition coefficient (Wildman–Crippen LogP) is 4.63. The number of hydrogen-bond acceptors (Lipinski definition) is 2. The minimum absolute atomic E-state index is 0.124. The van der Waals surface area contributed by atoms with Crippen LogP contribution >= 0.6 is 11.8 Å². The zero-order chi connectivity index (χ0) is 15.4. The maximum atomic E-state index is 13.6. The van der Waals surface area contributed by atoms with Crippen molar-refractivity contribution in [3.63, 3.8) is 0 Å². The van der Waals surface area contributed by atoms with Gasteiger partial charge in [-0.3, -0.25) is 0 Å². The third-order valence-corrected chi connectivity index (χ3v) is 4.72.